The van der Waals surface area contributed by atoms with Crippen molar-refractivity contribution in [2.24, 2.45) is 0 Å². The number of nitrogens with zero attached hydrogens (tertiary/aromatic N) is 3. The highest BCUT2D eigenvalue weighted by atomic mass is 16.5. The molecule has 2 heterocycles. The minimum Gasteiger partial charge on any atom is -0.490 e. The normalized spacial score (nSPS) is 14.0. The molecular formula is C12H11N3O3. The Labute approximate surface area is 103 Å². The van der Waals surface area contributed by atoms with Crippen molar-refractivity contribution in [2.45, 2.75) is 6.42 Å². The summed E-state index contributed by atoms with van der Waals surface area (Å²) in [5.41, 5.74) is 1.07. The molecule has 0 atom stereocenters. The molecule has 0 saturated carbocycles. The smallest absolute Gasteiger partial charge is 0.171 e. The van der Waals surface area contributed by atoms with Gasteiger partial charge in [-0.25, -0.2) is 4.68 Å². The van der Waals surface area contributed by atoms with E-state index in [4.69, 9.17) is 9.47 Å². The van der Waals surface area contributed by atoms with E-state index in [2.05, 4.69) is 10.3 Å². The van der Waals surface area contributed by atoms with Crippen molar-refractivity contribution in [3.63, 3.8) is 0 Å². The molecule has 0 radical (unpaired) electrons. The van der Waals surface area contributed by atoms with Crippen molar-refractivity contribution >= 4 is 6.29 Å². The Balaban J connectivity index is 1.98. The summed E-state index contributed by atoms with van der Waals surface area (Å²) >= 11 is 0. The zero-order valence-corrected chi connectivity index (χ0v) is 9.57. The van der Waals surface area contributed by atoms with Crippen LogP contribution in [-0.2, 0) is 0 Å². The summed E-state index contributed by atoms with van der Waals surface area (Å²) in [5, 5.41) is 7.58. The van der Waals surface area contributed by atoms with E-state index in [-0.39, 0.29) is 0 Å². The Morgan fingerprint density at radius 3 is 2.83 bits per heavy atom. The minimum absolute atomic E-state index is 0.294. The number of hydrogen-bond acceptors (Lipinski definition) is 5. The molecule has 0 fully saturated rings. The third kappa shape index (κ3) is 1.92. The quantitative estimate of drug-likeness (QED) is 0.745. The van der Waals surface area contributed by atoms with Crippen molar-refractivity contribution in [1.29, 1.82) is 0 Å². The van der Waals surface area contributed by atoms with E-state index in [1.165, 1.54) is 4.68 Å². The van der Waals surface area contributed by atoms with Crippen LogP contribution in [0.1, 0.15) is 16.9 Å². The maximum atomic E-state index is 10.6. The Morgan fingerprint density at radius 1 is 1.22 bits per heavy atom. The molecule has 1 aromatic heterocycles. The number of ether oxygens (including phenoxy) is 2. The molecule has 0 unspecified atom stereocenters. The topological polar surface area (TPSA) is 66.2 Å². The molecule has 1 aliphatic rings. The molecule has 0 aliphatic carbocycles. The molecular weight excluding hydrogens is 234 g/mol. The number of benzene rings is 1. The zero-order valence-electron chi connectivity index (χ0n) is 9.57. The zero-order chi connectivity index (χ0) is 12.4. The maximum Gasteiger partial charge on any atom is 0.171 e. The molecule has 1 aromatic carbocycles. The number of carbonyl (C=O) groups excluding carboxylic acids is 1. The summed E-state index contributed by atoms with van der Waals surface area (Å²) in [6, 6.07) is 5.50. The van der Waals surface area contributed by atoms with Gasteiger partial charge in [0.05, 0.1) is 25.1 Å². The molecule has 0 bridgehead atoms. The van der Waals surface area contributed by atoms with Crippen molar-refractivity contribution < 1.29 is 14.3 Å². The lowest BCUT2D eigenvalue weighted by atomic mass is 10.3. The van der Waals surface area contributed by atoms with Crippen LogP contribution in [0.3, 0.4) is 0 Å². The molecule has 0 spiro atoms. The Morgan fingerprint density at radius 2 is 2.06 bits per heavy atom. The number of aromatic nitrogens is 3. The lowest BCUT2D eigenvalue weighted by Gasteiger charge is -2.08. The van der Waals surface area contributed by atoms with Gasteiger partial charge in [-0.2, -0.15) is 0 Å². The van der Waals surface area contributed by atoms with E-state index in [1.54, 1.807) is 6.20 Å². The van der Waals surface area contributed by atoms with E-state index in [9.17, 15) is 4.79 Å². The average Bonchev–Trinajstić information content (AvgIpc) is 2.76. The van der Waals surface area contributed by atoms with Gasteiger partial charge >= 0.3 is 0 Å². The molecule has 0 amide bonds. The van der Waals surface area contributed by atoms with Gasteiger partial charge in [0.2, 0.25) is 0 Å². The van der Waals surface area contributed by atoms with Gasteiger partial charge in [0.25, 0.3) is 0 Å². The summed E-state index contributed by atoms with van der Waals surface area (Å²) < 4.78 is 12.7. The third-order valence-electron chi connectivity index (χ3n) is 2.63. The number of fused-ring (bicyclic) bond motifs is 1. The van der Waals surface area contributed by atoms with Crippen LogP contribution in [0.15, 0.2) is 24.4 Å². The molecule has 3 rings (SSSR count). The molecule has 6 nitrogen and oxygen atoms in total. The first-order chi connectivity index (χ1) is 8.86. The SMILES string of the molecule is O=Cc1cn(-c2ccc3c(c2)OCCCO3)nn1. The van der Waals surface area contributed by atoms with Crippen LogP contribution in [0.5, 0.6) is 11.5 Å². The lowest BCUT2D eigenvalue weighted by molar-refractivity contribution is 0.111. The fraction of sp³-hybridized carbons (Fsp3) is 0.250. The van der Waals surface area contributed by atoms with Gasteiger partial charge in [-0.1, -0.05) is 5.21 Å². The summed E-state index contributed by atoms with van der Waals surface area (Å²) in [4.78, 5) is 10.6. The second-order valence-corrected chi connectivity index (χ2v) is 3.89. The average molecular weight is 245 g/mol. The molecule has 18 heavy (non-hydrogen) atoms. The maximum absolute atomic E-state index is 10.6. The van der Waals surface area contributed by atoms with E-state index < -0.39 is 0 Å². The standard InChI is InChI=1S/C12H11N3O3/c16-8-9-7-15(14-13-9)10-2-3-11-12(6-10)18-5-1-4-17-11/h2-3,6-8H,1,4-5H2. The van der Waals surface area contributed by atoms with Crippen molar-refractivity contribution in [2.75, 3.05) is 13.2 Å². The van der Waals surface area contributed by atoms with Gasteiger partial charge in [-0.3, -0.25) is 4.79 Å². The largest absolute Gasteiger partial charge is 0.490 e. The van der Waals surface area contributed by atoms with Crippen LogP contribution in [0.2, 0.25) is 0 Å². The van der Waals surface area contributed by atoms with Gasteiger partial charge < -0.3 is 9.47 Å². The summed E-state index contributed by atoms with van der Waals surface area (Å²) in [7, 11) is 0. The monoisotopic (exact) mass is 245 g/mol. The van der Waals surface area contributed by atoms with Gasteiger partial charge in [0.1, 0.15) is 5.69 Å². The van der Waals surface area contributed by atoms with Gasteiger partial charge in [0.15, 0.2) is 17.8 Å². The molecule has 1 aliphatic heterocycles. The van der Waals surface area contributed by atoms with Crippen molar-refractivity contribution in [3.8, 4) is 17.2 Å². The molecule has 2 aromatic rings. The predicted octanol–water partition coefficient (Wildman–Crippen LogP) is 1.24. The van der Waals surface area contributed by atoms with Crippen LogP contribution in [0, 0.1) is 0 Å². The van der Waals surface area contributed by atoms with E-state index in [0.29, 0.717) is 30.9 Å². The van der Waals surface area contributed by atoms with Crippen LogP contribution in [-0.4, -0.2) is 34.5 Å². The number of hydrogen-bond donors (Lipinski definition) is 0. The highest BCUT2D eigenvalue weighted by molar-refractivity contribution is 5.70. The van der Waals surface area contributed by atoms with Gasteiger partial charge in [-0.15, -0.1) is 5.10 Å². The van der Waals surface area contributed by atoms with Crippen LogP contribution in [0.4, 0.5) is 0 Å². The number of carbonyl (C=O) groups is 1. The van der Waals surface area contributed by atoms with Crippen molar-refractivity contribution in [1.82, 2.24) is 15.0 Å². The Bertz CT molecular complexity index is 580. The molecule has 0 saturated heterocycles. The Hall–Kier alpha value is -2.37. The lowest BCUT2D eigenvalue weighted by Crippen LogP contribution is -1.98. The van der Waals surface area contributed by atoms with E-state index in [0.717, 1.165) is 17.9 Å². The minimum atomic E-state index is 0.294. The molecule has 0 N–H and O–H groups in total. The second kappa shape index (κ2) is 4.48. The molecule has 92 valence electrons. The summed E-state index contributed by atoms with van der Waals surface area (Å²) in [6.07, 6.45) is 3.08. The first-order valence-corrected chi connectivity index (χ1v) is 5.64. The highest BCUT2D eigenvalue weighted by Gasteiger charge is 2.12. The first-order valence-electron chi connectivity index (χ1n) is 5.64. The van der Waals surface area contributed by atoms with Crippen molar-refractivity contribution in [3.05, 3.63) is 30.1 Å². The number of aldehydes is 1. The van der Waals surface area contributed by atoms with Gasteiger partial charge in [0, 0.05) is 12.5 Å². The first kappa shape index (κ1) is 10.8. The van der Waals surface area contributed by atoms with Crippen LogP contribution >= 0.6 is 0 Å². The fourth-order valence-corrected chi connectivity index (χ4v) is 1.75. The molecule has 6 heteroatoms. The third-order valence-corrected chi connectivity index (χ3v) is 2.63. The Kier molecular flexibility index (Phi) is 2.68. The van der Waals surface area contributed by atoms with Gasteiger partial charge in [-0.05, 0) is 12.1 Å². The summed E-state index contributed by atoms with van der Waals surface area (Å²) in [6.45, 7) is 1.29. The van der Waals surface area contributed by atoms with E-state index >= 15 is 0 Å². The number of rotatable bonds is 2. The summed E-state index contributed by atoms with van der Waals surface area (Å²) in [5.74, 6) is 1.42. The van der Waals surface area contributed by atoms with E-state index in [1.807, 2.05) is 18.2 Å². The second-order valence-electron chi connectivity index (χ2n) is 3.89. The fourth-order valence-electron chi connectivity index (χ4n) is 1.75. The highest BCUT2D eigenvalue weighted by Crippen LogP contribution is 2.31. The van der Waals surface area contributed by atoms with Crippen LogP contribution in [0.25, 0.3) is 5.69 Å². The predicted molar refractivity (Wildman–Crippen MR) is 62.4 cm³/mol. The van der Waals surface area contributed by atoms with Crippen LogP contribution < -0.4 is 9.47 Å².